The van der Waals surface area contributed by atoms with Crippen molar-refractivity contribution in [3.63, 3.8) is 0 Å². The smallest absolute Gasteiger partial charge is 0.324 e. The quantitative estimate of drug-likeness (QED) is 0.547. The molecule has 9 nitrogen and oxygen atoms in total. The van der Waals surface area contributed by atoms with E-state index < -0.39 is 24.0 Å². The highest BCUT2D eigenvalue weighted by Gasteiger charge is 2.28. The summed E-state index contributed by atoms with van der Waals surface area (Å²) in [5.74, 6) is -1.52. The highest BCUT2D eigenvalue weighted by atomic mass is 16.5. The minimum atomic E-state index is -1.05. The van der Waals surface area contributed by atoms with E-state index in [1.165, 1.54) is 6.92 Å². The summed E-state index contributed by atoms with van der Waals surface area (Å²) in [6.07, 6.45) is -0.849. The molecule has 1 fully saturated rings. The maximum atomic E-state index is 12.1. The Hall–Kier alpha value is -3.41. The van der Waals surface area contributed by atoms with Crippen molar-refractivity contribution in [1.82, 2.24) is 10.2 Å². The number of hydrogen-bond donors (Lipinski definition) is 2. The fourth-order valence-electron chi connectivity index (χ4n) is 2.30. The lowest BCUT2D eigenvalue weighted by atomic mass is 10.2. The second-order valence-electron chi connectivity index (χ2n) is 5.59. The average Bonchev–Trinajstić information content (AvgIpc) is 2.94. The molecule has 26 heavy (non-hydrogen) atoms. The van der Waals surface area contributed by atoms with E-state index in [2.05, 4.69) is 10.6 Å². The van der Waals surface area contributed by atoms with E-state index in [0.717, 1.165) is 4.90 Å². The van der Waals surface area contributed by atoms with Gasteiger partial charge in [-0.3, -0.25) is 19.3 Å². The normalized spacial score (nSPS) is 14.4. The zero-order valence-corrected chi connectivity index (χ0v) is 14.2. The summed E-state index contributed by atoms with van der Waals surface area (Å²) in [5.41, 5.74) is 0.634. The number of nitrogens with one attached hydrogen (secondary N) is 2. The summed E-state index contributed by atoms with van der Waals surface area (Å²) in [4.78, 5) is 47.7. The molecule has 0 spiro atoms. The van der Waals surface area contributed by atoms with Crippen molar-refractivity contribution in [3.8, 4) is 6.07 Å². The maximum Gasteiger partial charge on any atom is 0.324 e. The zero-order valence-electron chi connectivity index (χ0n) is 14.2. The molecule has 2 N–H and O–H groups in total. The van der Waals surface area contributed by atoms with Crippen LogP contribution >= 0.6 is 0 Å². The lowest BCUT2D eigenvalue weighted by Crippen LogP contribution is -2.33. The summed E-state index contributed by atoms with van der Waals surface area (Å²) < 4.78 is 5.04. The summed E-state index contributed by atoms with van der Waals surface area (Å²) in [6.45, 7) is 1.49. The second kappa shape index (κ2) is 8.62. The molecule has 136 valence electrons. The number of benzene rings is 1. The van der Waals surface area contributed by atoms with Gasteiger partial charge in [-0.25, -0.2) is 4.79 Å². The van der Waals surface area contributed by atoms with Crippen molar-refractivity contribution in [3.05, 3.63) is 29.8 Å². The van der Waals surface area contributed by atoms with Crippen LogP contribution in [0.4, 0.5) is 10.5 Å². The van der Waals surface area contributed by atoms with Crippen LogP contribution < -0.4 is 10.6 Å². The number of ether oxygens (including phenoxy) is 1. The lowest BCUT2D eigenvalue weighted by Gasteiger charge is -2.15. The van der Waals surface area contributed by atoms with Gasteiger partial charge in [-0.15, -0.1) is 0 Å². The molecule has 1 heterocycles. The van der Waals surface area contributed by atoms with Crippen LogP contribution in [0.1, 0.15) is 25.3 Å². The van der Waals surface area contributed by atoms with E-state index >= 15 is 0 Å². The minimum absolute atomic E-state index is 0.0370. The number of urea groups is 1. The molecule has 1 aromatic carbocycles. The Morgan fingerprint density at radius 2 is 2.12 bits per heavy atom. The first kappa shape index (κ1) is 18.9. The lowest BCUT2D eigenvalue weighted by molar-refractivity contribution is -0.153. The van der Waals surface area contributed by atoms with Gasteiger partial charge in [-0.05, 0) is 25.5 Å². The standard InChI is InChI=1S/C17H18N4O5/c1-11(16(24)20-13-6-3-2-5-12(13)9-18)26-15(23)7-4-8-21-14(22)10-19-17(21)25/h2-3,5-6,11H,4,7-8,10H2,1H3,(H,19,25)(H,20,24)/t11-/m1/s1. The third-order valence-corrected chi connectivity index (χ3v) is 3.68. The van der Waals surface area contributed by atoms with Crippen LogP contribution in [0.25, 0.3) is 0 Å². The number of carbonyl (C=O) groups is 4. The molecule has 0 aromatic heterocycles. The van der Waals surface area contributed by atoms with Crippen molar-refractivity contribution in [2.45, 2.75) is 25.9 Å². The molecule has 1 aliphatic heterocycles. The van der Waals surface area contributed by atoms with Gasteiger partial charge < -0.3 is 15.4 Å². The van der Waals surface area contributed by atoms with Gasteiger partial charge in [0.1, 0.15) is 6.07 Å². The van der Waals surface area contributed by atoms with Crippen LogP contribution in [0.2, 0.25) is 0 Å². The van der Waals surface area contributed by atoms with Crippen LogP contribution in [0, 0.1) is 11.3 Å². The largest absolute Gasteiger partial charge is 0.453 e. The van der Waals surface area contributed by atoms with E-state index in [1.807, 2.05) is 6.07 Å². The first-order valence-electron chi connectivity index (χ1n) is 8.00. The number of rotatable bonds is 7. The Bertz CT molecular complexity index is 755. The Morgan fingerprint density at radius 3 is 2.77 bits per heavy atom. The SMILES string of the molecule is C[C@@H](OC(=O)CCCN1C(=O)CNC1=O)C(=O)Nc1ccccc1C#N. The molecular formula is C17H18N4O5. The fraction of sp³-hybridized carbons (Fsp3) is 0.353. The van der Waals surface area contributed by atoms with Crippen molar-refractivity contribution >= 4 is 29.5 Å². The minimum Gasteiger partial charge on any atom is -0.453 e. The molecule has 1 atom stereocenters. The third kappa shape index (κ3) is 4.80. The molecule has 2 rings (SSSR count). The highest BCUT2D eigenvalue weighted by molar-refractivity contribution is 6.02. The van der Waals surface area contributed by atoms with E-state index in [1.54, 1.807) is 24.3 Å². The van der Waals surface area contributed by atoms with Crippen LogP contribution in [0.3, 0.4) is 0 Å². The van der Waals surface area contributed by atoms with Gasteiger partial charge >= 0.3 is 12.0 Å². The van der Waals surface area contributed by atoms with Gasteiger partial charge in [0.25, 0.3) is 5.91 Å². The molecule has 0 unspecified atom stereocenters. The number of para-hydroxylation sites is 1. The van der Waals surface area contributed by atoms with Crippen molar-refractivity contribution < 1.29 is 23.9 Å². The van der Waals surface area contributed by atoms with Gasteiger partial charge in [-0.1, -0.05) is 12.1 Å². The average molecular weight is 358 g/mol. The van der Waals surface area contributed by atoms with Crippen molar-refractivity contribution in [2.24, 2.45) is 0 Å². The van der Waals surface area contributed by atoms with E-state index in [0.29, 0.717) is 11.3 Å². The Morgan fingerprint density at radius 1 is 1.38 bits per heavy atom. The second-order valence-corrected chi connectivity index (χ2v) is 5.59. The van der Waals surface area contributed by atoms with Crippen molar-refractivity contribution in [2.75, 3.05) is 18.4 Å². The number of carbonyl (C=O) groups excluding carboxylic acids is 4. The number of nitrogens with zero attached hydrogens (tertiary/aromatic N) is 2. The van der Waals surface area contributed by atoms with Gasteiger partial charge in [0.2, 0.25) is 5.91 Å². The predicted octanol–water partition coefficient (Wildman–Crippen LogP) is 0.760. The monoisotopic (exact) mass is 358 g/mol. The molecule has 9 heteroatoms. The third-order valence-electron chi connectivity index (χ3n) is 3.68. The summed E-state index contributed by atoms with van der Waals surface area (Å²) in [6, 6.07) is 7.95. The van der Waals surface area contributed by atoms with Crippen LogP contribution in [0.15, 0.2) is 24.3 Å². The summed E-state index contributed by atoms with van der Waals surface area (Å²) in [5, 5.41) is 13.9. The predicted molar refractivity (Wildman–Crippen MR) is 89.7 cm³/mol. The Kier molecular flexibility index (Phi) is 6.27. The Balaban J connectivity index is 1.77. The molecule has 1 saturated heterocycles. The summed E-state index contributed by atoms with van der Waals surface area (Å²) >= 11 is 0. The van der Waals surface area contributed by atoms with Gasteiger partial charge in [0.15, 0.2) is 6.10 Å². The van der Waals surface area contributed by atoms with Crippen LogP contribution in [0.5, 0.6) is 0 Å². The molecule has 4 amide bonds. The van der Waals surface area contributed by atoms with Crippen LogP contribution in [-0.4, -0.2) is 47.9 Å². The van der Waals surface area contributed by atoms with E-state index in [4.69, 9.17) is 10.00 Å². The highest BCUT2D eigenvalue weighted by Crippen LogP contribution is 2.14. The van der Waals surface area contributed by atoms with Gasteiger partial charge in [0, 0.05) is 13.0 Å². The fourth-order valence-corrected chi connectivity index (χ4v) is 2.30. The zero-order chi connectivity index (χ0) is 19.1. The summed E-state index contributed by atoms with van der Waals surface area (Å²) in [7, 11) is 0. The van der Waals surface area contributed by atoms with Gasteiger partial charge in [-0.2, -0.15) is 5.26 Å². The first-order valence-corrected chi connectivity index (χ1v) is 8.00. The first-order chi connectivity index (χ1) is 12.4. The molecular weight excluding hydrogens is 340 g/mol. The number of anilines is 1. The van der Waals surface area contributed by atoms with Gasteiger partial charge in [0.05, 0.1) is 17.8 Å². The topological polar surface area (TPSA) is 129 Å². The molecule has 0 saturated carbocycles. The number of hydrogen-bond acceptors (Lipinski definition) is 6. The molecule has 0 bridgehead atoms. The maximum absolute atomic E-state index is 12.1. The van der Waals surface area contributed by atoms with E-state index in [9.17, 15) is 19.2 Å². The van der Waals surface area contributed by atoms with E-state index in [-0.39, 0.29) is 31.8 Å². The Labute approximate surface area is 149 Å². The number of nitriles is 1. The number of esters is 1. The van der Waals surface area contributed by atoms with Crippen molar-refractivity contribution in [1.29, 1.82) is 5.26 Å². The van der Waals surface area contributed by atoms with Crippen LogP contribution in [-0.2, 0) is 19.1 Å². The number of imide groups is 1. The molecule has 1 aromatic rings. The molecule has 0 aliphatic carbocycles. The molecule has 1 aliphatic rings. The molecule has 0 radical (unpaired) electrons. The number of amides is 4.